The lowest BCUT2D eigenvalue weighted by Crippen LogP contribution is -2.00. The van der Waals surface area contributed by atoms with Crippen molar-refractivity contribution >= 4 is 10.9 Å². The highest BCUT2D eigenvalue weighted by Crippen LogP contribution is 2.10. The second kappa shape index (κ2) is 3.81. The Hall–Kier alpha value is -2.10. The van der Waals surface area contributed by atoms with E-state index in [1.807, 2.05) is 13.0 Å². The van der Waals surface area contributed by atoms with E-state index in [9.17, 15) is 14.7 Å². The SMILES string of the molecule is CCc1ccc2[nH]c(=O)c(O)cc(=O)c2c1. The first-order chi connectivity index (χ1) is 7.61. The van der Waals surface area contributed by atoms with Crippen LogP contribution in [-0.4, -0.2) is 10.1 Å². The van der Waals surface area contributed by atoms with Crippen molar-refractivity contribution in [1.82, 2.24) is 4.98 Å². The summed E-state index contributed by atoms with van der Waals surface area (Å²) in [5, 5.41) is 9.67. The van der Waals surface area contributed by atoms with Crippen LogP contribution in [0, 0.1) is 0 Å². The molecule has 0 saturated heterocycles. The number of aromatic hydroxyl groups is 1. The average Bonchev–Trinajstić information content (AvgIpc) is 2.38. The first-order valence-corrected chi connectivity index (χ1v) is 5.01. The number of aromatic nitrogens is 1. The third-order valence-electron chi connectivity index (χ3n) is 2.51. The second-order valence-electron chi connectivity index (χ2n) is 3.58. The van der Waals surface area contributed by atoms with Gasteiger partial charge in [-0.1, -0.05) is 13.0 Å². The van der Waals surface area contributed by atoms with Crippen molar-refractivity contribution in [2.75, 3.05) is 0 Å². The molecule has 0 atom stereocenters. The van der Waals surface area contributed by atoms with Crippen LogP contribution in [0.25, 0.3) is 10.9 Å². The van der Waals surface area contributed by atoms with Gasteiger partial charge in [-0.2, -0.15) is 0 Å². The highest BCUT2D eigenvalue weighted by molar-refractivity contribution is 5.78. The summed E-state index contributed by atoms with van der Waals surface area (Å²) >= 11 is 0. The number of aryl methyl sites for hydroxylation is 1. The van der Waals surface area contributed by atoms with Crippen molar-refractivity contribution in [2.45, 2.75) is 13.3 Å². The predicted molar refractivity (Wildman–Crippen MR) is 61.9 cm³/mol. The van der Waals surface area contributed by atoms with Gasteiger partial charge in [-0.3, -0.25) is 9.59 Å². The van der Waals surface area contributed by atoms with Crippen molar-refractivity contribution in [3.63, 3.8) is 0 Å². The molecule has 2 rings (SSSR count). The van der Waals surface area contributed by atoms with Gasteiger partial charge in [0.25, 0.3) is 5.56 Å². The molecule has 16 heavy (non-hydrogen) atoms. The number of hydrogen-bond donors (Lipinski definition) is 2. The number of aromatic amines is 1. The maximum Gasteiger partial charge on any atom is 0.290 e. The molecule has 0 saturated carbocycles. The summed E-state index contributed by atoms with van der Waals surface area (Å²) in [5.41, 5.74) is 0.432. The third kappa shape index (κ3) is 1.69. The van der Waals surface area contributed by atoms with Gasteiger partial charge in [0.05, 0.1) is 5.52 Å². The number of hydrogen-bond acceptors (Lipinski definition) is 3. The van der Waals surface area contributed by atoms with Crippen LogP contribution in [0.3, 0.4) is 0 Å². The highest BCUT2D eigenvalue weighted by Gasteiger charge is 2.02. The van der Waals surface area contributed by atoms with Crippen molar-refractivity contribution in [1.29, 1.82) is 0 Å². The lowest BCUT2D eigenvalue weighted by molar-refractivity contribution is 0.468. The van der Waals surface area contributed by atoms with Crippen LogP contribution in [0.4, 0.5) is 0 Å². The van der Waals surface area contributed by atoms with Crippen LogP contribution in [0.15, 0.2) is 33.9 Å². The summed E-state index contributed by atoms with van der Waals surface area (Å²) in [4.78, 5) is 25.5. The van der Waals surface area contributed by atoms with E-state index in [0.29, 0.717) is 10.9 Å². The Labute approximate surface area is 91.2 Å². The lowest BCUT2D eigenvalue weighted by atomic mass is 10.1. The first-order valence-electron chi connectivity index (χ1n) is 5.01. The lowest BCUT2D eigenvalue weighted by Gasteiger charge is -1.96. The van der Waals surface area contributed by atoms with Gasteiger partial charge in [0.15, 0.2) is 11.2 Å². The van der Waals surface area contributed by atoms with E-state index in [0.717, 1.165) is 18.1 Å². The summed E-state index contributed by atoms with van der Waals surface area (Å²) in [5.74, 6) is -0.556. The minimum absolute atomic E-state index is 0.360. The van der Waals surface area contributed by atoms with Crippen molar-refractivity contribution in [2.24, 2.45) is 0 Å². The number of fused-ring (bicyclic) bond motifs is 1. The molecule has 4 heteroatoms. The zero-order chi connectivity index (χ0) is 11.7. The molecule has 0 bridgehead atoms. The summed E-state index contributed by atoms with van der Waals surface area (Å²) in [6.07, 6.45) is 0.810. The van der Waals surface area contributed by atoms with E-state index in [-0.39, 0.29) is 5.43 Å². The molecule has 0 radical (unpaired) electrons. The zero-order valence-electron chi connectivity index (χ0n) is 8.78. The number of benzene rings is 1. The largest absolute Gasteiger partial charge is 0.503 e. The van der Waals surface area contributed by atoms with E-state index in [1.54, 1.807) is 12.1 Å². The minimum Gasteiger partial charge on any atom is -0.503 e. The third-order valence-corrected chi connectivity index (χ3v) is 2.51. The van der Waals surface area contributed by atoms with Crippen LogP contribution in [0.2, 0.25) is 0 Å². The minimum atomic E-state index is -0.656. The molecular formula is C12H11NO3. The van der Waals surface area contributed by atoms with Gasteiger partial charge in [0, 0.05) is 11.5 Å². The predicted octanol–water partition coefficient (Wildman–Crippen LogP) is 1.16. The molecule has 1 heterocycles. The molecule has 0 aliphatic rings. The smallest absolute Gasteiger partial charge is 0.290 e. The van der Waals surface area contributed by atoms with E-state index in [1.165, 1.54) is 0 Å². The molecule has 1 aromatic carbocycles. The summed E-state index contributed by atoms with van der Waals surface area (Å²) in [6.45, 7) is 1.98. The maximum atomic E-state index is 11.7. The Balaban J connectivity index is 2.98. The fraction of sp³-hybridized carbons (Fsp3) is 0.167. The summed E-state index contributed by atoms with van der Waals surface area (Å²) < 4.78 is 0. The van der Waals surface area contributed by atoms with Gasteiger partial charge < -0.3 is 10.1 Å². The highest BCUT2D eigenvalue weighted by atomic mass is 16.3. The van der Waals surface area contributed by atoms with Crippen molar-refractivity contribution in [3.05, 3.63) is 50.4 Å². The fourth-order valence-corrected chi connectivity index (χ4v) is 1.58. The topological polar surface area (TPSA) is 70.2 Å². The van der Waals surface area contributed by atoms with E-state index in [2.05, 4.69) is 4.98 Å². The van der Waals surface area contributed by atoms with Crippen molar-refractivity contribution in [3.8, 4) is 5.75 Å². The van der Waals surface area contributed by atoms with Gasteiger partial charge in [-0.15, -0.1) is 0 Å². The van der Waals surface area contributed by atoms with Gasteiger partial charge in [0.1, 0.15) is 0 Å². The van der Waals surface area contributed by atoms with Crippen LogP contribution in [0.5, 0.6) is 5.75 Å². The molecule has 2 N–H and O–H groups in total. The van der Waals surface area contributed by atoms with Gasteiger partial charge in [-0.25, -0.2) is 0 Å². The second-order valence-corrected chi connectivity index (χ2v) is 3.58. The molecule has 0 aliphatic heterocycles. The molecular weight excluding hydrogens is 206 g/mol. The number of H-pyrrole nitrogens is 1. The Morgan fingerprint density at radius 1 is 1.25 bits per heavy atom. The zero-order valence-corrected chi connectivity index (χ0v) is 8.78. The van der Waals surface area contributed by atoms with Crippen LogP contribution in [0.1, 0.15) is 12.5 Å². The van der Waals surface area contributed by atoms with E-state index < -0.39 is 11.3 Å². The van der Waals surface area contributed by atoms with E-state index in [4.69, 9.17) is 0 Å². The van der Waals surface area contributed by atoms with Crippen molar-refractivity contribution < 1.29 is 5.11 Å². The fourth-order valence-electron chi connectivity index (χ4n) is 1.58. The number of nitrogens with one attached hydrogen (secondary N) is 1. The Morgan fingerprint density at radius 2 is 2.00 bits per heavy atom. The van der Waals surface area contributed by atoms with Gasteiger partial charge >= 0.3 is 0 Å². The Kier molecular flexibility index (Phi) is 2.48. The molecule has 1 aromatic heterocycles. The first kappa shape index (κ1) is 10.4. The molecule has 2 aromatic rings. The molecule has 82 valence electrons. The van der Waals surface area contributed by atoms with Gasteiger partial charge in [-0.05, 0) is 24.1 Å². The average molecular weight is 217 g/mol. The monoisotopic (exact) mass is 217 g/mol. The Bertz CT molecular complexity index is 658. The standard InChI is InChI=1S/C12H11NO3/c1-2-7-3-4-9-8(5-7)10(14)6-11(15)12(16)13-9/h3-6,15H,2H2,1H3,(H,13,16). The van der Waals surface area contributed by atoms with Crippen LogP contribution in [-0.2, 0) is 6.42 Å². The molecule has 0 amide bonds. The summed E-state index contributed by atoms with van der Waals surface area (Å²) in [7, 11) is 0. The van der Waals surface area contributed by atoms with E-state index >= 15 is 0 Å². The maximum absolute atomic E-state index is 11.7. The molecule has 0 aliphatic carbocycles. The quantitative estimate of drug-likeness (QED) is 0.752. The molecule has 4 nitrogen and oxygen atoms in total. The van der Waals surface area contributed by atoms with Crippen LogP contribution >= 0.6 is 0 Å². The Morgan fingerprint density at radius 3 is 2.69 bits per heavy atom. The summed E-state index contributed by atoms with van der Waals surface area (Å²) in [6, 6.07) is 6.19. The number of rotatable bonds is 1. The van der Waals surface area contributed by atoms with Gasteiger partial charge in [0.2, 0.25) is 0 Å². The molecule has 0 spiro atoms. The molecule has 0 fully saturated rings. The normalized spacial score (nSPS) is 10.6. The van der Waals surface area contributed by atoms with Crippen LogP contribution < -0.4 is 11.0 Å². The molecule has 0 unspecified atom stereocenters.